The molecule has 0 unspecified atom stereocenters. The summed E-state index contributed by atoms with van der Waals surface area (Å²) in [6, 6.07) is 10.9. The maximum absolute atomic E-state index is 13.1. The third kappa shape index (κ3) is 13.0. The van der Waals surface area contributed by atoms with Gasteiger partial charge in [0.2, 0.25) is 23.6 Å². The van der Waals surface area contributed by atoms with Gasteiger partial charge < -0.3 is 42.9 Å². The normalized spacial score (nSPS) is 13.5. The molecular weight excluding hydrogens is 588 g/mol. The quantitative estimate of drug-likeness (QED) is 0.101. The minimum atomic E-state index is -1.18. The summed E-state index contributed by atoms with van der Waals surface area (Å²) in [6.45, 7) is -0.231. The van der Waals surface area contributed by atoms with Crippen LogP contribution in [0, 0.1) is 0 Å². The molecule has 13 nitrogen and oxygen atoms in total. The lowest BCUT2D eigenvalue weighted by atomic mass is 10.0. The van der Waals surface area contributed by atoms with Gasteiger partial charge in [-0.2, -0.15) is 11.8 Å². The van der Waals surface area contributed by atoms with Crippen LogP contribution in [0.5, 0.6) is 5.75 Å². The maximum Gasteiger partial charge on any atom is 0.326 e. The largest absolute Gasteiger partial charge is 0.508 e. The lowest BCUT2D eigenvalue weighted by Gasteiger charge is -2.23. The second-order valence-electron chi connectivity index (χ2n) is 10.2. The fourth-order valence-corrected chi connectivity index (χ4v) is 4.68. The summed E-state index contributed by atoms with van der Waals surface area (Å²) < 4.78 is 0. The van der Waals surface area contributed by atoms with Crippen molar-refractivity contribution < 1.29 is 34.2 Å². The number of nitrogens with one attached hydrogen (secondary N) is 4. The number of carboxylic acid groups (broad SMARTS) is 1. The van der Waals surface area contributed by atoms with E-state index in [1.165, 1.54) is 23.9 Å². The Bertz CT molecular complexity index is 1230. The van der Waals surface area contributed by atoms with Crippen LogP contribution in [-0.2, 0) is 36.8 Å². The Kier molecular flexibility index (Phi) is 15.7. The van der Waals surface area contributed by atoms with E-state index < -0.39 is 60.3 Å². The van der Waals surface area contributed by atoms with Crippen LogP contribution in [0.25, 0.3) is 0 Å². The number of carbonyl (C=O) groups excluding carboxylic acids is 4. The minimum absolute atomic E-state index is 0.0805. The number of benzene rings is 2. The number of aliphatic carboxylic acids is 1. The van der Waals surface area contributed by atoms with Crippen molar-refractivity contribution in [3.05, 3.63) is 65.7 Å². The molecule has 4 atom stereocenters. The lowest BCUT2D eigenvalue weighted by Crippen LogP contribution is -2.55. The van der Waals surface area contributed by atoms with Crippen molar-refractivity contribution in [1.29, 1.82) is 0 Å². The van der Waals surface area contributed by atoms with E-state index >= 15 is 0 Å². The maximum atomic E-state index is 13.1. The van der Waals surface area contributed by atoms with Gasteiger partial charge in [-0.05, 0) is 67.5 Å². The molecule has 0 aliphatic rings. The number of amides is 4. The minimum Gasteiger partial charge on any atom is -0.508 e. The van der Waals surface area contributed by atoms with Crippen molar-refractivity contribution in [3.8, 4) is 5.75 Å². The van der Waals surface area contributed by atoms with Gasteiger partial charge in [0.05, 0.1) is 12.6 Å². The predicted molar refractivity (Wildman–Crippen MR) is 168 cm³/mol. The number of phenols is 1. The van der Waals surface area contributed by atoms with Crippen LogP contribution in [0.3, 0.4) is 0 Å². The molecule has 2 aromatic carbocycles. The molecule has 0 bridgehead atoms. The van der Waals surface area contributed by atoms with Crippen LogP contribution in [-0.4, -0.2) is 89.1 Å². The molecule has 14 heteroatoms. The van der Waals surface area contributed by atoms with Gasteiger partial charge in [-0.1, -0.05) is 42.5 Å². The standard InChI is InChI=1S/C30H42N6O7S/c1-44-15-13-24(30(42)43)36-29(41)25(17-19-6-3-2-4-7-19)34-26(38)18-33-28(40)23(8-5-14-31)35-27(39)22(32)16-20-9-11-21(37)12-10-20/h2-4,6-7,9-12,22-25,37H,5,8,13-18,31-32H2,1H3,(H,33,40)(H,34,38)(H,35,39)(H,36,41)(H,42,43)/t22-,23+,24-,25-/m0/s1. The van der Waals surface area contributed by atoms with E-state index in [0.29, 0.717) is 12.2 Å². The summed E-state index contributed by atoms with van der Waals surface area (Å²) in [6.07, 6.45) is 2.91. The molecule has 44 heavy (non-hydrogen) atoms. The monoisotopic (exact) mass is 630 g/mol. The van der Waals surface area contributed by atoms with E-state index in [4.69, 9.17) is 11.5 Å². The first-order valence-electron chi connectivity index (χ1n) is 14.2. The van der Waals surface area contributed by atoms with E-state index in [0.717, 1.165) is 11.1 Å². The number of thioether (sulfide) groups is 1. The van der Waals surface area contributed by atoms with E-state index in [1.807, 2.05) is 6.26 Å². The van der Waals surface area contributed by atoms with Gasteiger partial charge in [-0.15, -0.1) is 0 Å². The summed E-state index contributed by atoms with van der Waals surface area (Å²) in [5.41, 5.74) is 13.1. The Morgan fingerprint density at radius 2 is 1.43 bits per heavy atom. The molecule has 0 spiro atoms. The summed E-state index contributed by atoms with van der Waals surface area (Å²) in [5.74, 6) is -3.15. The van der Waals surface area contributed by atoms with Gasteiger partial charge in [-0.3, -0.25) is 19.2 Å². The predicted octanol–water partition coefficient (Wildman–Crippen LogP) is -0.348. The third-order valence-electron chi connectivity index (χ3n) is 6.64. The fraction of sp³-hybridized carbons (Fsp3) is 0.433. The van der Waals surface area contributed by atoms with Gasteiger partial charge in [0.25, 0.3) is 0 Å². The number of hydrogen-bond acceptors (Lipinski definition) is 9. The Morgan fingerprint density at radius 3 is 2.05 bits per heavy atom. The SMILES string of the molecule is CSCC[C@H](NC(=O)[C@H](Cc1ccccc1)NC(=O)CNC(=O)[C@@H](CCCN)NC(=O)[C@@H](N)Cc1ccc(O)cc1)C(=O)O. The summed E-state index contributed by atoms with van der Waals surface area (Å²) in [5, 5.41) is 29.1. The molecule has 0 saturated carbocycles. The van der Waals surface area contributed by atoms with Gasteiger partial charge in [0, 0.05) is 6.42 Å². The highest BCUT2D eigenvalue weighted by atomic mass is 32.2. The Morgan fingerprint density at radius 1 is 0.795 bits per heavy atom. The van der Waals surface area contributed by atoms with Crippen LogP contribution >= 0.6 is 11.8 Å². The molecule has 10 N–H and O–H groups in total. The smallest absolute Gasteiger partial charge is 0.326 e. The molecule has 0 aliphatic carbocycles. The van der Waals surface area contributed by atoms with Crippen LogP contribution < -0.4 is 32.7 Å². The number of rotatable bonds is 19. The highest BCUT2D eigenvalue weighted by molar-refractivity contribution is 7.98. The second kappa shape index (κ2) is 19.2. The summed E-state index contributed by atoms with van der Waals surface area (Å²) >= 11 is 1.45. The van der Waals surface area contributed by atoms with Gasteiger partial charge in [0.15, 0.2) is 0 Å². The number of phenolic OH excluding ortho intramolecular Hbond substituents is 1. The van der Waals surface area contributed by atoms with Gasteiger partial charge in [-0.25, -0.2) is 4.79 Å². The number of nitrogens with two attached hydrogens (primary N) is 2. The molecule has 2 rings (SSSR count). The molecule has 0 radical (unpaired) electrons. The van der Waals surface area contributed by atoms with Gasteiger partial charge in [0.1, 0.15) is 23.9 Å². The van der Waals surface area contributed by atoms with E-state index in [1.54, 1.807) is 42.5 Å². The Labute approximate surface area is 260 Å². The molecule has 2 aromatic rings. The molecule has 0 aliphatic heterocycles. The zero-order chi connectivity index (χ0) is 32.5. The third-order valence-corrected chi connectivity index (χ3v) is 7.29. The van der Waals surface area contributed by atoms with Crippen LogP contribution in [0.4, 0.5) is 0 Å². The van der Waals surface area contributed by atoms with Gasteiger partial charge >= 0.3 is 5.97 Å². The highest BCUT2D eigenvalue weighted by Crippen LogP contribution is 2.11. The fourth-order valence-electron chi connectivity index (χ4n) is 4.21. The molecular formula is C30H42N6O7S. The van der Waals surface area contributed by atoms with Crippen LogP contribution in [0.1, 0.15) is 30.4 Å². The Hall–Kier alpha value is -4.14. The van der Waals surface area contributed by atoms with E-state index in [2.05, 4.69) is 21.3 Å². The second-order valence-corrected chi connectivity index (χ2v) is 11.2. The zero-order valence-electron chi connectivity index (χ0n) is 24.7. The highest BCUT2D eigenvalue weighted by Gasteiger charge is 2.28. The van der Waals surface area contributed by atoms with Crippen molar-refractivity contribution in [2.45, 2.75) is 56.3 Å². The van der Waals surface area contributed by atoms with Crippen molar-refractivity contribution in [2.75, 3.05) is 25.1 Å². The average Bonchev–Trinajstić information content (AvgIpc) is 3.00. The lowest BCUT2D eigenvalue weighted by molar-refractivity contribution is -0.142. The first-order valence-corrected chi connectivity index (χ1v) is 15.6. The van der Waals surface area contributed by atoms with Crippen molar-refractivity contribution in [2.24, 2.45) is 11.5 Å². The molecule has 0 heterocycles. The van der Waals surface area contributed by atoms with Crippen molar-refractivity contribution in [3.63, 3.8) is 0 Å². The van der Waals surface area contributed by atoms with E-state index in [9.17, 15) is 34.2 Å². The number of carboxylic acids is 1. The molecule has 4 amide bonds. The number of hydrogen-bond donors (Lipinski definition) is 8. The topological polar surface area (TPSA) is 226 Å². The Balaban J connectivity index is 2.03. The average molecular weight is 631 g/mol. The van der Waals surface area contributed by atoms with Crippen LogP contribution in [0.15, 0.2) is 54.6 Å². The first-order chi connectivity index (χ1) is 21.0. The van der Waals surface area contributed by atoms with Crippen molar-refractivity contribution >= 4 is 41.4 Å². The molecule has 0 fully saturated rings. The van der Waals surface area contributed by atoms with Crippen LogP contribution in [0.2, 0.25) is 0 Å². The number of aromatic hydroxyl groups is 1. The van der Waals surface area contributed by atoms with Crippen molar-refractivity contribution in [1.82, 2.24) is 21.3 Å². The number of carbonyl (C=O) groups is 5. The summed E-state index contributed by atoms with van der Waals surface area (Å²) in [4.78, 5) is 63.4. The molecule has 240 valence electrons. The zero-order valence-corrected chi connectivity index (χ0v) is 25.5. The molecule has 0 aromatic heterocycles. The molecule has 0 saturated heterocycles. The first kappa shape index (κ1) is 36.1. The summed E-state index contributed by atoms with van der Waals surface area (Å²) in [7, 11) is 0. The van der Waals surface area contributed by atoms with E-state index in [-0.39, 0.29) is 38.0 Å².